The molecule has 1 aromatic heterocycles. The first-order chi connectivity index (χ1) is 11.7. The molecule has 1 aliphatic heterocycles. The molecule has 126 valence electrons. The maximum Gasteiger partial charge on any atom is 0.257 e. The predicted octanol–water partition coefficient (Wildman–Crippen LogP) is 4.87. The fourth-order valence-electron chi connectivity index (χ4n) is 3.19. The SMILES string of the molecule is CCC1CCCCN1c1ccc(C(=O)Nc2cccc(Br)c2)cn1. The smallest absolute Gasteiger partial charge is 0.257 e. The zero-order valence-corrected chi connectivity index (χ0v) is 15.4. The number of nitrogens with zero attached hydrogens (tertiary/aromatic N) is 2. The molecule has 1 aromatic carbocycles. The lowest BCUT2D eigenvalue weighted by molar-refractivity contribution is 0.102. The van der Waals surface area contributed by atoms with Crippen molar-refractivity contribution in [1.82, 2.24) is 4.98 Å². The average Bonchev–Trinajstić information content (AvgIpc) is 2.62. The van der Waals surface area contributed by atoms with Crippen LogP contribution in [0.2, 0.25) is 0 Å². The molecule has 1 fully saturated rings. The minimum atomic E-state index is -0.141. The van der Waals surface area contributed by atoms with Gasteiger partial charge >= 0.3 is 0 Å². The van der Waals surface area contributed by atoms with Crippen LogP contribution in [0.15, 0.2) is 47.1 Å². The van der Waals surface area contributed by atoms with Crippen LogP contribution in [-0.2, 0) is 0 Å². The number of piperidine rings is 1. The summed E-state index contributed by atoms with van der Waals surface area (Å²) in [6.07, 6.45) is 6.53. The van der Waals surface area contributed by atoms with Crippen molar-refractivity contribution >= 4 is 33.3 Å². The molecule has 1 saturated heterocycles. The van der Waals surface area contributed by atoms with Crippen molar-refractivity contribution in [2.45, 2.75) is 38.6 Å². The van der Waals surface area contributed by atoms with Gasteiger partial charge in [0.05, 0.1) is 5.56 Å². The third kappa shape index (κ3) is 3.96. The lowest BCUT2D eigenvalue weighted by atomic mass is 10.00. The second-order valence-corrected chi connectivity index (χ2v) is 7.04. The number of nitrogens with one attached hydrogen (secondary N) is 1. The van der Waals surface area contributed by atoms with Crippen LogP contribution in [-0.4, -0.2) is 23.5 Å². The van der Waals surface area contributed by atoms with Gasteiger partial charge in [0.15, 0.2) is 0 Å². The zero-order valence-electron chi connectivity index (χ0n) is 13.8. The molecule has 1 aliphatic rings. The van der Waals surface area contributed by atoms with Crippen LogP contribution < -0.4 is 10.2 Å². The molecule has 0 radical (unpaired) electrons. The third-order valence-electron chi connectivity index (χ3n) is 4.49. The summed E-state index contributed by atoms with van der Waals surface area (Å²) in [5.41, 5.74) is 1.34. The summed E-state index contributed by atoms with van der Waals surface area (Å²) in [6.45, 7) is 3.28. The summed E-state index contributed by atoms with van der Waals surface area (Å²) in [5.74, 6) is 0.832. The van der Waals surface area contributed by atoms with E-state index in [1.807, 2.05) is 36.4 Å². The zero-order chi connectivity index (χ0) is 16.9. The van der Waals surface area contributed by atoms with E-state index in [4.69, 9.17) is 0 Å². The van der Waals surface area contributed by atoms with Crippen molar-refractivity contribution in [2.24, 2.45) is 0 Å². The number of amides is 1. The highest BCUT2D eigenvalue weighted by molar-refractivity contribution is 9.10. The van der Waals surface area contributed by atoms with Crippen LogP contribution in [0.5, 0.6) is 0 Å². The summed E-state index contributed by atoms with van der Waals surface area (Å²) < 4.78 is 0.935. The monoisotopic (exact) mass is 387 g/mol. The molecular formula is C19H22BrN3O. The van der Waals surface area contributed by atoms with E-state index in [1.165, 1.54) is 19.3 Å². The number of carbonyl (C=O) groups is 1. The van der Waals surface area contributed by atoms with Gasteiger partial charge < -0.3 is 10.2 Å². The molecule has 3 rings (SSSR count). The van der Waals surface area contributed by atoms with Gasteiger partial charge in [0, 0.05) is 28.9 Å². The van der Waals surface area contributed by atoms with E-state index in [1.54, 1.807) is 6.20 Å². The van der Waals surface area contributed by atoms with Crippen LogP contribution in [0.25, 0.3) is 0 Å². The van der Waals surface area contributed by atoms with E-state index in [0.717, 1.165) is 28.9 Å². The van der Waals surface area contributed by atoms with E-state index >= 15 is 0 Å². The lowest BCUT2D eigenvalue weighted by Gasteiger charge is -2.36. The molecule has 2 heterocycles. The highest BCUT2D eigenvalue weighted by Gasteiger charge is 2.22. The van der Waals surface area contributed by atoms with Gasteiger partial charge in [0.1, 0.15) is 5.82 Å². The second kappa shape index (κ2) is 7.79. The molecule has 1 N–H and O–H groups in total. The van der Waals surface area contributed by atoms with Crippen molar-refractivity contribution in [1.29, 1.82) is 0 Å². The van der Waals surface area contributed by atoms with Gasteiger partial charge in [-0.2, -0.15) is 0 Å². The molecule has 1 atom stereocenters. The molecule has 5 heteroatoms. The first-order valence-corrected chi connectivity index (χ1v) is 9.26. The van der Waals surface area contributed by atoms with Crippen LogP contribution in [0.3, 0.4) is 0 Å². The van der Waals surface area contributed by atoms with Crippen LogP contribution in [0, 0.1) is 0 Å². The molecule has 0 spiro atoms. The summed E-state index contributed by atoms with van der Waals surface area (Å²) in [4.78, 5) is 19.3. The molecule has 0 saturated carbocycles. The molecular weight excluding hydrogens is 366 g/mol. The Morgan fingerprint density at radius 1 is 1.33 bits per heavy atom. The Bertz CT molecular complexity index is 702. The maximum absolute atomic E-state index is 12.4. The fraction of sp³-hybridized carbons (Fsp3) is 0.368. The highest BCUT2D eigenvalue weighted by atomic mass is 79.9. The molecule has 4 nitrogen and oxygen atoms in total. The van der Waals surface area contributed by atoms with E-state index < -0.39 is 0 Å². The summed E-state index contributed by atoms with van der Waals surface area (Å²) >= 11 is 3.41. The van der Waals surface area contributed by atoms with E-state index in [9.17, 15) is 4.79 Å². The van der Waals surface area contributed by atoms with Gasteiger partial charge in [-0.3, -0.25) is 4.79 Å². The molecule has 0 bridgehead atoms. The van der Waals surface area contributed by atoms with E-state index in [0.29, 0.717) is 11.6 Å². The van der Waals surface area contributed by atoms with Crippen molar-refractivity contribution in [2.75, 3.05) is 16.8 Å². The molecule has 1 unspecified atom stereocenters. The number of rotatable bonds is 4. The summed E-state index contributed by atoms with van der Waals surface area (Å²) in [7, 11) is 0. The number of carbonyl (C=O) groups excluding carboxylic acids is 1. The third-order valence-corrected chi connectivity index (χ3v) is 4.98. The number of anilines is 2. The second-order valence-electron chi connectivity index (χ2n) is 6.12. The number of hydrogen-bond acceptors (Lipinski definition) is 3. The molecule has 0 aliphatic carbocycles. The number of hydrogen-bond donors (Lipinski definition) is 1. The normalized spacial score (nSPS) is 17.6. The summed E-state index contributed by atoms with van der Waals surface area (Å²) in [6, 6.07) is 11.9. The first kappa shape index (κ1) is 17.0. The Balaban J connectivity index is 1.70. The minimum Gasteiger partial charge on any atom is -0.354 e. The molecule has 2 aromatic rings. The van der Waals surface area contributed by atoms with Crippen molar-refractivity contribution in [3.63, 3.8) is 0 Å². The molecule has 1 amide bonds. The number of benzene rings is 1. The quantitative estimate of drug-likeness (QED) is 0.813. The number of aromatic nitrogens is 1. The van der Waals surface area contributed by atoms with Crippen LogP contribution >= 0.6 is 15.9 Å². The van der Waals surface area contributed by atoms with E-state index in [2.05, 4.69) is 38.1 Å². The Kier molecular flexibility index (Phi) is 5.51. The Hall–Kier alpha value is -1.88. The van der Waals surface area contributed by atoms with Gasteiger partial charge in [-0.1, -0.05) is 28.9 Å². The van der Waals surface area contributed by atoms with Crippen molar-refractivity contribution in [3.05, 3.63) is 52.6 Å². The van der Waals surface area contributed by atoms with Gasteiger partial charge in [-0.25, -0.2) is 4.98 Å². The highest BCUT2D eigenvalue weighted by Crippen LogP contribution is 2.25. The fourth-order valence-corrected chi connectivity index (χ4v) is 3.59. The number of halogens is 1. The molecule has 24 heavy (non-hydrogen) atoms. The lowest BCUT2D eigenvalue weighted by Crippen LogP contribution is -2.39. The van der Waals surface area contributed by atoms with Crippen molar-refractivity contribution < 1.29 is 4.79 Å². The van der Waals surface area contributed by atoms with E-state index in [-0.39, 0.29) is 5.91 Å². The van der Waals surface area contributed by atoms with Gasteiger partial charge in [-0.15, -0.1) is 0 Å². The first-order valence-electron chi connectivity index (χ1n) is 8.47. The predicted molar refractivity (Wildman–Crippen MR) is 102 cm³/mol. The van der Waals surface area contributed by atoms with Crippen LogP contribution in [0.4, 0.5) is 11.5 Å². The average molecular weight is 388 g/mol. The Morgan fingerprint density at radius 3 is 2.92 bits per heavy atom. The standard InChI is InChI=1S/C19H22BrN3O/c1-2-17-8-3-4-11-23(17)18-10-9-14(13-21-18)19(24)22-16-7-5-6-15(20)12-16/h5-7,9-10,12-13,17H,2-4,8,11H2,1H3,(H,22,24). The maximum atomic E-state index is 12.4. The van der Waals surface area contributed by atoms with Gasteiger partial charge in [-0.05, 0) is 56.0 Å². The van der Waals surface area contributed by atoms with Crippen LogP contribution in [0.1, 0.15) is 43.0 Å². The largest absolute Gasteiger partial charge is 0.354 e. The topological polar surface area (TPSA) is 45.2 Å². The minimum absolute atomic E-state index is 0.141. The van der Waals surface area contributed by atoms with Gasteiger partial charge in [0.25, 0.3) is 5.91 Å². The van der Waals surface area contributed by atoms with Crippen molar-refractivity contribution in [3.8, 4) is 0 Å². The Morgan fingerprint density at radius 2 is 2.21 bits per heavy atom. The number of pyridine rings is 1. The summed E-state index contributed by atoms with van der Waals surface area (Å²) in [5, 5.41) is 2.90. The Labute approximate surface area is 151 Å². The van der Waals surface area contributed by atoms with Gasteiger partial charge in [0.2, 0.25) is 0 Å².